The largest absolute Gasteiger partial charge is 0.365 e. The molecule has 0 radical (unpaired) electrons. The molecule has 16 heavy (non-hydrogen) atoms. The highest BCUT2D eigenvalue weighted by Crippen LogP contribution is 2.28. The molecule has 0 aliphatic carbocycles. The third-order valence-corrected chi connectivity index (χ3v) is 2.42. The van der Waals surface area contributed by atoms with E-state index < -0.39 is 6.23 Å². The van der Waals surface area contributed by atoms with Gasteiger partial charge in [-0.2, -0.15) is 0 Å². The molecule has 0 amide bonds. The maximum atomic E-state index is 10.4. The van der Waals surface area contributed by atoms with E-state index >= 15 is 0 Å². The van der Waals surface area contributed by atoms with Gasteiger partial charge in [0.25, 0.3) is 0 Å². The minimum atomic E-state index is -1.31. The minimum Gasteiger partial charge on any atom is -0.365 e. The van der Waals surface area contributed by atoms with Crippen molar-refractivity contribution in [3.63, 3.8) is 0 Å². The molecule has 80 valence electrons. The van der Waals surface area contributed by atoms with Crippen molar-refractivity contribution in [3.8, 4) is 11.1 Å². The Kier molecular flexibility index (Phi) is 3.08. The lowest BCUT2D eigenvalue weighted by molar-refractivity contribution is 0.187. The fraction of sp³-hybridized carbons (Fsp3) is 0.0769. The summed E-state index contributed by atoms with van der Waals surface area (Å²) >= 11 is 0. The van der Waals surface area contributed by atoms with Crippen LogP contribution >= 0.6 is 0 Å². The highest BCUT2D eigenvalue weighted by atomic mass is 16.3. The average molecular weight is 213 g/mol. The topological polar surface area (TPSA) is 49.7 Å². The van der Waals surface area contributed by atoms with Crippen molar-refractivity contribution < 1.29 is 5.11 Å². The first-order chi connectivity index (χ1) is 7.83. The van der Waals surface area contributed by atoms with Crippen molar-refractivity contribution in [2.75, 3.05) is 0 Å². The van der Waals surface area contributed by atoms with E-state index in [9.17, 15) is 10.0 Å². The third kappa shape index (κ3) is 1.99. The Morgan fingerprint density at radius 1 is 0.938 bits per heavy atom. The molecule has 0 saturated carbocycles. The quantitative estimate of drug-likeness (QED) is 0.796. The van der Waals surface area contributed by atoms with Crippen LogP contribution in [0.4, 0.5) is 0 Å². The van der Waals surface area contributed by atoms with Crippen LogP contribution in [-0.4, -0.2) is 5.11 Å². The molecular formula is C13H11NO2. The Morgan fingerprint density at radius 2 is 1.56 bits per heavy atom. The fourth-order valence-electron chi connectivity index (χ4n) is 1.66. The van der Waals surface area contributed by atoms with Crippen LogP contribution in [0.2, 0.25) is 0 Å². The summed E-state index contributed by atoms with van der Waals surface area (Å²) in [6.45, 7) is 0. The first-order valence-corrected chi connectivity index (χ1v) is 4.98. The van der Waals surface area contributed by atoms with E-state index in [1.807, 2.05) is 42.5 Å². The molecule has 0 aliphatic heterocycles. The van der Waals surface area contributed by atoms with Gasteiger partial charge in [-0.3, -0.25) is 0 Å². The fourth-order valence-corrected chi connectivity index (χ4v) is 1.66. The molecule has 2 aromatic carbocycles. The number of benzene rings is 2. The second-order valence-corrected chi connectivity index (χ2v) is 3.43. The van der Waals surface area contributed by atoms with Crippen molar-refractivity contribution in [1.82, 2.24) is 0 Å². The first kappa shape index (κ1) is 10.5. The standard InChI is InChI=1S/C13H11NO2/c15-13(14-16)12-9-5-4-8-11(12)10-6-2-1-3-7-10/h1-9,13,15H. The second-order valence-electron chi connectivity index (χ2n) is 3.43. The number of nitroso groups, excluding NO2 is 1. The average Bonchev–Trinajstić information content (AvgIpc) is 2.39. The third-order valence-electron chi connectivity index (χ3n) is 2.42. The van der Waals surface area contributed by atoms with Crippen LogP contribution < -0.4 is 0 Å². The number of hydrogen-bond acceptors (Lipinski definition) is 3. The van der Waals surface area contributed by atoms with Gasteiger partial charge in [0.05, 0.1) is 0 Å². The molecule has 0 fully saturated rings. The number of hydrogen-bond donors (Lipinski definition) is 1. The number of aliphatic hydroxyl groups excluding tert-OH is 1. The van der Waals surface area contributed by atoms with Gasteiger partial charge in [0.1, 0.15) is 0 Å². The smallest absolute Gasteiger partial charge is 0.213 e. The summed E-state index contributed by atoms with van der Waals surface area (Å²) in [7, 11) is 0. The van der Waals surface area contributed by atoms with Gasteiger partial charge in [-0.25, -0.2) is 0 Å². The maximum absolute atomic E-state index is 10.4. The molecule has 2 rings (SSSR count). The molecule has 3 nitrogen and oxygen atoms in total. The van der Waals surface area contributed by atoms with E-state index in [2.05, 4.69) is 5.18 Å². The molecule has 0 saturated heterocycles. The number of rotatable bonds is 3. The highest BCUT2D eigenvalue weighted by Gasteiger charge is 2.12. The van der Waals surface area contributed by atoms with Crippen LogP contribution in [-0.2, 0) is 0 Å². The van der Waals surface area contributed by atoms with Crippen LogP contribution in [0.15, 0.2) is 59.8 Å². The van der Waals surface area contributed by atoms with Gasteiger partial charge in [-0.05, 0) is 16.3 Å². The van der Waals surface area contributed by atoms with Gasteiger partial charge in [0.15, 0.2) is 0 Å². The first-order valence-electron chi connectivity index (χ1n) is 4.98. The van der Waals surface area contributed by atoms with Crippen molar-refractivity contribution in [1.29, 1.82) is 0 Å². The van der Waals surface area contributed by atoms with Crippen LogP contribution in [0.3, 0.4) is 0 Å². The lowest BCUT2D eigenvalue weighted by Gasteiger charge is -2.09. The van der Waals surface area contributed by atoms with Crippen LogP contribution in [0, 0.1) is 4.91 Å². The van der Waals surface area contributed by atoms with Crippen molar-refractivity contribution in [3.05, 3.63) is 65.1 Å². The van der Waals surface area contributed by atoms with Gasteiger partial charge in [0.2, 0.25) is 6.23 Å². The summed E-state index contributed by atoms with van der Waals surface area (Å²) in [6, 6.07) is 16.8. The van der Waals surface area contributed by atoms with E-state index in [-0.39, 0.29) is 0 Å². The van der Waals surface area contributed by atoms with E-state index in [4.69, 9.17) is 0 Å². The van der Waals surface area contributed by atoms with Gasteiger partial charge in [-0.1, -0.05) is 54.6 Å². The molecule has 0 heterocycles. The molecular weight excluding hydrogens is 202 g/mol. The Bertz CT molecular complexity index is 482. The predicted molar refractivity (Wildman–Crippen MR) is 62.6 cm³/mol. The zero-order valence-corrected chi connectivity index (χ0v) is 8.58. The molecule has 1 unspecified atom stereocenters. The molecule has 2 aromatic rings. The normalized spacial score (nSPS) is 12.1. The number of aliphatic hydroxyl groups is 1. The minimum absolute atomic E-state index is 0.531. The lowest BCUT2D eigenvalue weighted by atomic mass is 9.99. The lowest BCUT2D eigenvalue weighted by Crippen LogP contribution is -1.95. The van der Waals surface area contributed by atoms with Gasteiger partial charge >= 0.3 is 0 Å². The summed E-state index contributed by atoms with van der Waals surface area (Å²) in [6.07, 6.45) is -1.31. The van der Waals surface area contributed by atoms with Gasteiger partial charge < -0.3 is 5.11 Å². The molecule has 0 bridgehead atoms. The summed E-state index contributed by atoms with van der Waals surface area (Å²) in [5, 5.41) is 12.1. The Morgan fingerprint density at radius 3 is 2.25 bits per heavy atom. The molecule has 1 N–H and O–H groups in total. The molecule has 1 atom stereocenters. The van der Waals surface area contributed by atoms with Crippen molar-refractivity contribution >= 4 is 0 Å². The van der Waals surface area contributed by atoms with Crippen molar-refractivity contribution in [2.45, 2.75) is 6.23 Å². The molecule has 0 spiro atoms. The van der Waals surface area contributed by atoms with Crippen LogP contribution in [0.1, 0.15) is 11.8 Å². The zero-order valence-electron chi connectivity index (χ0n) is 8.58. The summed E-state index contributed by atoms with van der Waals surface area (Å²) in [5.74, 6) is 0. The second kappa shape index (κ2) is 4.68. The van der Waals surface area contributed by atoms with E-state index in [1.54, 1.807) is 12.1 Å². The van der Waals surface area contributed by atoms with E-state index in [1.165, 1.54) is 0 Å². The SMILES string of the molecule is O=NC(O)c1ccccc1-c1ccccc1. The van der Waals surface area contributed by atoms with E-state index in [0.717, 1.165) is 11.1 Å². The zero-order chi connectivity index (χ0) is 11.4. The Labute approximate surface area is 93.3 Å². The van der Waals surface area contributed by atoms with Crippen LogP contribution in [0.25, 0.3) is 11.1 Å². The van der Waals surface area contributed by atoms with Gasteiger partial charge in [-0.15, -0.1) is 4.91 Å². The van der Waals surface area contributed by atoms with Gasteiger partial charge in [0, 0.05) is 5.56 Å². The summed E-state index contributed by atoms with van der Waals surface area (Å²) in [4.78, 5) is 10.4. The Hall–Kier alpha value is -2.00. The van der Waals surface area contributed by atoms with Crippen molar-refractivity contribution in [2.24, 2.45) is 5.18 Å². The number of nitrogens with zero attached hydrogens (tertiary/aromatic N) is 1. The molecule has 3 heteroatoms. The maximum Gasteiger partial charge on any atom is 0.213 e. The Balaban J connectivity index is 2.53. The van der Waals surface area contributed by atoms with E-state index in [0.29, 0.717) is 5.56 Å². The van der Waals surface area contributed by atoms with Crippen LogP contribution in [0.5, 0.6) is 0 Å². The summed E-state index contributed by atoms with van der Waals surface area (Å²) < 4.78 is 0. The predicted octanol–water partition coefficient (Wildman–Crippen LogP) is 3.11. The summed E-state index contributed by atoms with van der Waals surface area (Å²) in [5.41, 5.74) is 2.32. The molecule has 0 aromatic heterocycles. The highest BCUT2D eigenvalue weighted by molar-refractivity contribution is 5.67. The molecule has 0 aliphatic rings. The monoisotopic (exact) mass is 213 g/mol.